The number of nitrogens with zero attached hydrogens (tertiary/aromatic N) is 1. The zero-order valence-electron chi connectivity index (χ0n) is 27.5. The van der Waals surface area contributed by atoms with Crippen molar-refractivity contribution in [1.82, 2.24) is 15.5 Å². The van der Waals surface area contributed by atoms with E-state index in [-0.39, 0.29) is 6.92 Å². The van der Waals surface area contributed by atoms with Gasteiger partial charge in [0.15, 0.2) is 0 Å². The molecule has 246 valence electrons. The molecule has 0 saturated heterocycles. The van der Waals surface area contributed by atoms with Gasteiger partial charge in [0.2, 0.25) is 0 Å². The van der Waals surface area contributed by atoms with Gasteiger partial charge in [0, 0.05) is 26.6 Å². The summed E-state index contributed by atoms with van der Waals surface area (Å²) in [6, 6.07) is 18.2. The monoisotopic (exact) mass is 617 g/mol. The summed E-state index contributed by atoms with van der Waals surface area (Å²) >= 11 is 0. The summed E-state index contributed by atoms with van der Waals surface area (Å²) in [6.45, 7) is 16.3. The van der Waals surface area contributed by atoms with Crippen LogP contribution < -0.4 is 10.6 Å². The number of fused-ring (bicyclic) bond motifs is 1. The Hall–Kier alpha value is -2.90. The van der Waals surface area contributed by atoms with Gasteiger partial charge in [0.25, 0.3) is 0 Å². The minimum Gasteiger partial charge on any atom is -0.383 e. The van der Waals surface area contributed by atoms with Gasteiger partial charge in [0.1, 0.15) is 0 Å². The highest BCUT2D eigenvalue weighted by Crippen LogP contribution is 2.27. The summed E-state index contributed by atoms with van der Waals surface area (Å²) in [6.07, 6.45) is 11.7. The maximum Gasteiger partial charge on any atom is 0.386 e. The summed E-state index contributed by atoms with van der Waals surface area (Å²) in [5, 5.41) is 7.09. The van der Waals surface area contributed by atoms with E-state index >= 15 is 0 Å². The molecule has 2 N–H and O–H groups in total. The number of benzene rings is 2. The lowest BCUT2D eigenvalue weighted by molar-refractivity contribution is -0.110. The molecule has 0 saturated carbocycles. The van der Waals surface area contributed by atoms with E-state index in [1.807, 2.05) is 13.8 Å². The van der Waals surface area contributed by atoms with Crippen molar-refractivity contribution in [1.29, 1.82) is 0 Å². The molecule has 2 heterocycles. The third-order valence-corrected chi connectivity index (χ3v) is 7.58. The van der Waals surface area contributed by atoms with Crippen molar-refractivity contribution < 1.29 is 17.6 Å². The number of rotatable bonds is 12. The molecular weight excluding hydrogens is 562 g/mol. The number of dihydropyridines is 1. The van der Waals surface area contributed by atoms with E-state index in [1.165, 1.54) is 59.9 Å². The molecular formula is C37H55F4N3. The molecule has 3 nitrogen and oxygen atoms in total. The van der Waals surface area contributed by atoms with Gasteiger partial charge in [-0.2, -0.15) is 13.2 Å². The second-order valence-electron chi connectivity index (χ2n) is 11.0. The summed E-state index contributed by atoms with van der Waals surface area (Å²) in [5.74, 6) is 0.747. The number of allylic oxidation sites excluding steroid dienone is 3. The van der Waals surface area contributed by atoms with Gasteiger partial charge in [-0.05, 0) is 97.3 Å². The van der Waals surface area contributed by atoms with Crippen LogP contribution >= 0.6 is 0 Å². The summed E-state index contributed by atoms with van der Waals surface area (Å²) in [7, 11) is 0.500. The smallest absolute Gasteiger partial charge is 0.383 e. The van der Waals surface area contributed by atoms with Crippen LogP contribution in [0.2, 0.25) is 0 Å². The van der Waals surface area contributed by atoms with Gasteiger partial charge in [-0.15, -0.1) is 0 Å². The van der Waals surface area contributed by atoms with Crippen molar-refractivity contribution in [3.8, 4) is 0 Å². The average Bonchev–Trinajstić information content (AvgIpc) is 3.24. The highest BCUT2D eigenvalue weighted by Gasteiger charge is 2.18. The van der Waals surface area contributed by atoms with Gasteiger partial charge in [-0.3, -0.25) is 9.29 Å². The minimum absolute atomic E-state index is 0.188. The van der Waals surface area contributed by atoms with Crippen LogP contribution in [-0.4, -0.2) is 43.9 Å². The van der Waals surface area contributed by atoms with Crippen LogP contribution in [-0.2, 0) is 19.5 Å². The number of aryl methyl sites for hydroxylation is 1. The first kappa shape index (κ1) is 39.1. The highest BCUT2D eigenvalue weighted by molar-refractivity contribution is 5.64. The van der Waals surface area contributed by atoms with E-state index in [0.717, 1.165) is 45.1 Å². The van der Waals surface area contributed by atoms with Crippen molar-refractivity contribution in [2.24, 2.45) is 5.92 Å². The van der Waals surface area contributed by atoms with E-state index in [4.69, 9.17) is 0 Å². The summed E-state index contributed by atoms with van der Waals surface area (Å²) < 4.78 is 40.6. The topological polar surface area (TPSA) is 27.3 Å². The zero-order chi connectivity index (χ0) is 32.8. The molecule has 2 unspecified atom stereocenters. The molecule has 2 aliphatic rings. The lowest BCUT2D eigenvalue weighted by Gasteiger charge is -2.26. The van der Waals surface area contributed by atoms with Crippen molar-refractivity contribution >= 4 is 5.57 Å². The number of hydrogen-bond acceptors (Lipinski definition) is 3. The SMILES string of the molecule is C=C(CCC(CC)CCNCc1ccccc1)c1ccc2c(c1)CN(CC1C=CC=CN1)CCC2.CC.CC(F)(F)F.CF. The summed E-state index contributed by atoms with van der Waals surface area (Å²) in [4.78, 5) is 2.61. The van der Waals surface area contributed by atoms with Gasteiger partial charge in [0.05, 0.1) is 13.2 Å². The number of nitrogens with one attached hydrogen (secondary N) is 2. The standard InChI is InChI=1S/C32H43N3.C2H3F3.C2H6.CH3F/c1-3-27(18-20-33-23-28-10-5-4-6-11-28)15-14-26(2)30-17-16-29-12-9-21-35(24-31(29)22-30)25-32-13-7-8-19-34-32;1-2(3,4)5;2*1-2/h4-8,10-11,13,16-17,19,22,27,32-34H,2-3,9,12,14-15,18,20-21,23-25H2,1H3;1H3;1-2H3;1H3. The molecule has 2 atom stereocenters. The Labute approximate surface area is 264 Å². The van der Waals surface area contributed by atoms with Crippen LogP contribution in [0.4, 0.5) is 17.6 Å². The molecule has 2 aromatic carbocycles. The van der Waals surface area contributed by atoms with Crippen molar-refractivity contribution in [2.45, 2.75) is 91.5 Å². The average molecular weight is 618 g/mol. The first-order chi connectivity index (χ1) is 21.2. The predicted octanol–water partition coefficient (Wildman–Crippen LogP) is 9.66. The molecule has 4 rings (SSSR count). The van der Waals surface area contributed by atoms with Crippen LogP contribution in [0, 0.1) is 5.92 Å². The molecule has 2 aromatic rings. The number of alkyl halides is 4. The van der Waals surface area contributed by atoms with Crippen molar-refractivity contribution in [2.75, 3.05) is 26.8 Å². The molecule has 0 spiro atoms. The largest absolute Gasteiger partial charge is 0.386 e. The third kappa shape index (κ3) is 16.8. The van der Waals surface area contributed by atoms with Crippen LogP contribution in [0.3, 0.4) is 0 Å². The Morgan fingerprint density at radius 1 is 1.05 bits per heavy atom. The highest BCUT2D eigenvalue weighted by atomic mass is 19.4. The Morgan fingerprint density at radius 3 is 2.39 bits per heavy atom. The molecule has 0 amide bonds. The molecule has 2 aliphatic heterocycles. The maximum absolute atomic E-state index is 10.4. The van der Waals surface area contributed by atoms with E-state index in [0.29, 0.717) is 13.2 Å². The second-order valence-corrected chi connectivity index (χ2v) is 11.0. The van der Waals surface area contributed by atoms with E-state index in [9.17, 15) is 17.6 Å². The van der Waals surface area contributed by atoms with Gasteiger partial charge >= 0.3 is 6.18 Å². The van der Waals surface area contributed by atoms with Crippen molar-refractivity contribution in [3.05, 3.63) is 102 Å². The molecule has 0 aliphatic carbocycles. The molecule has 0 aromatic heterocycles. The van der Waals surface area contributed by atoms with E-state index in [1.54, 1.807) is 0 Å². The van der Waals surface area contributed by atoms with Crippen LogP contribution in [0.5, 0.6) is 0 Å². The van der Waals surface area contributed by atoms with E-state index < -0.39 is 6.18 Å². The lowest BCUT2D eigenvalue weighted by Crippen LogP contribution is -2.38. The predicted molar refractivity (Wildman–Crippen MR) is 180 cm³/mol. The Morgan fingerprint density at radius 2 is 1.75 bits per heavy atom. The first-order valence-electron chi connectivity index (χ1n) is 16.0. The Balaban J connectivity index is 0.000000962. The fourth-order valence-electron chi connectivity index (χ4n) is 5.30. The quantitative estimate of drug-likeness (QED) is 0.183. The van der Waals surface area contributed by atoms with Crippen molar-refractivity contribution in [3.63, 3.8) is 0 Å². The molecule has 0 bridgehead atoms. The van der Waals surface area contributed by atoms with Gasteiger partial charge < -0.3 is 10.6 Å². The number of hydrogen-bond donors (Lipinski definition) is 2. The fraction of sp³-hybridized carbons (Fsp3) is 0.514. The second kappa shape index (κ2) is 22.6. The lowest BCUT2D eigenvalue weighted by atomic mass is 9.91. The third-order valence-electron chi connectivity index (χ3n) is 7.58. The normalized spacial score (nSPS) is 16.3. The molecule has 7 heteroatoms. The molecule has 0 radical (unpaired) electrons. The maximum atomic E-state index is 10.4. The van der Waals surface area contributed by atoms with Gasteiger partial charge in [-0.1, -0.05) is 88.4 Å². The Bertz CT molecular complexity index is 1090. The van der Waals surface area contributed by atoms with Crippen LogP contribution in [0.25, 0.3) is 5.57 Å². The zero-order valence-corrected chi connectivity index (χ0v) is 27.5. The fourth-order valence-corrected chi connectivity index (χ4v) is 5.30. The number of halogens is 4. The molecule has 0 fully saturated rings. The van der Waals surface area contributed by atoms with Crippen LogP contribution in [0.1, 0.15) is 82.1 Å². The minimum atomic E-state index is -4.00. The first-order valence-corrected chi connectivity index (χ1v) is 16.0. The van der Waals surface area contributed by atoms with Gasteiger partial charge in [-0.25, -0.2) is 0 Å². The Kier molecular flexibility index (Phi) is 20.1. The molecule has 44 heavy (non-hydrogen) atoms. The van der Waals surface area contributed by atoms with Crippen LogP contribution in [0.15, 0.2) is 79.5 Å². The van der Waals surface area contributed by atoms with E-state index in [2.05, 4.69) is 102 Å². The summed E-state index contributed by atoms with van der Waals surface area (Å²) in [5.41, 5.74) is 7.00.